The second-order valence-corrected chi connectivity index (χ2v) is 9.73. The number of rotatable bonds is 3. The molecule has 2 aromatic rings. The summed E-state index contributed by atoms with van der Waals surface area (Å²) in [6.07, 6.45) is 1.12. The maximum absolute atomic E-state index is 15.0. The zero-order valence-electron chi connectivity index (χ0n) is 16.0. The highest BCUT2D eigenvalue weighted by Gasteiger charge is 2.44. The fourth-order valence-electron chi connectivity index (χ4n) is 4.36. The van der Waals surface area contributed by atoms with E-state index in [2.05, 4.69) is 55.0 Å². The van der Waals surface area contributed by atoms with Gasteiger partial charge in [0.15, 0.2) is 5.82 Å². The molecule has 0 unspecified atom stereocenters. The first-order chi connectivity index (χ1) is 13.4. The van der Waals surface area contributed by atoms with Crippen LogP contribution in [0, 0.1) is 11.2 Å². The van der Waals surface area contributed by atoms with Gasteiger partial charge < -0.3 is 20.0 Å². The van der Waals surface area contributed by atoms with Crippen molar-refractivity contribution in [1.29, 1.82) is 0 Å². The zero-order valence-corrected chi connectivity index (χ0v) is 18.3. The van der Waals surface area contributed by atoms with Gasteiger partial charge in [0.25, 0.3) is 0 Å². The van der Waals surface area contributed by atoms with Gasteiger partial charge in [-0.3, -0.25) is 0 Å². The number of aromatic nitrogens is 2. The molecule has 0 amide bonds. The Morgan fingerprint density at radius 2 is 2.04 bits per heavy atom. The molecule has 1 spiro atoms. The van der Waals surface area contributed by atoms with Crippen LogP contribution in [0.1, 0.15) is 6.42 Å². The number of likely N-dealkylation sites (N-methyl/N-ethyl adjacent to an activating group) is 1. The van der Waals surface area contributed by atoms with E-state index >= 15 is 4.39 Å². The van der Waals surface area contributed by atoms with Gasteiger partial charge in [0, 0.05) is 56.1 Å². The minimum atomic E-state index is -0.420. The number of fused-ring (bicyclic) bond motifs is 1. The van der Waals surface area contributed by atoms with E-state index in [0.29, 0.717) is 33.3 Å². The van der Waals surface area contributed by atoms with Crippen molar-refractivity contribution in [1.82, 2.24) is 20.2 Å². The fraction of sp³-hybridized carbons (Fsp3) is 0.579. The third-order valence-corrected chi connectivity index (χ3v) is 7.71. The standard InChI is InChI=1S/C19H23BrClFN6/c1-26(2)11-6-28(7-11)18-24-16-12(5-13(21)14(20)15(16)22)17(25-18)27-4-3-19(10-27)8-23-9-19/h5,11,23H,3-4,6-10H2,1-2H3. The van der Waals surface area contributed by atoms with Crippen molar-refractivity contribution in [2.45, 2.75) is 12.5 Å². The number of nitrogens with one attached hydrogen (secondary N) is 1. The maximum Gasteiger partial charge on any atom is 0.228 e. The van der Waals surface area contributed by atoms with Gasteiger partial charge in [-0.1, -0.05) is 11.6 Å². The third-order valence-electron chi connectivity index (χ3n) is 6.41. The number of hydrogen-bond acceptors (Lipinski definition) is 6. The van der Waals surface area contributed by atoms with Crippen molar-refractivity contribution in [3.63, 3.8) is 0 Å². The predicted molar refractivity (Wildman–Crippen MR) is 114 cm³/mol. The van der Waals surface area contributed by atoms with E-state index in [4.69, 9.17) is 16.6 Å². The molecule has 3 saturated heterocycles. The van der Waals surface area contributed by atoms with E-state index < -0.39 is 5.82 Å². The molecule has 0 atom stereocenters. The van der Waals surface area contributed by atoms with Crippen molar-refractivity contribution < 1.29 is 4.39 Å². The van der Waals surface area contributed by atoms with Crippen molar-refractivity contribution in [2.24, 2.45) is 5.41 Å². The van der Waals surface area contributed by atoms with Crippen molar-refractivity contribution in [2.75, 3.05) is 63.2 Å². The number of nitrogens with zero attached hydrogens (tertiary/aromatic N) is 5. The molecule has 150 valence electrons. The van der Waals surface area contributed by atoms with Gasteiger partial charge in [0.2, 0.25) is 5.95 Å². The molecule has 1 N–H and O–H groups in total. The average molecular weight is 470 g/mol. The summed E-state index contributed by atoms with van der Waals surface area (Å²) in [6, 6.07) is 2.26. The molecule has 1 aromatic carbocycles. The normalized spacial score (nSPS) is 21.6. The number of anilines is 2. The molecule has 0 aliphatic carbocycles. The summed E-state index contributed by atoms with van der Waals surface area (Å²) in [5, 5.41) is 4.41. The van der Waals surface area contributed by atoms with Crippen LogP contribution >= 0.6 is 27.5 Å². The van der Waals surface area contributed by atoms with Crippen LogP contribution in [0.5, 0.6) is 0 Å². The average Bonchev–Trinajstić information content (AvgIpc) is 3.04. The number of hydrogen-bond donors (Lipinski definition) is 1. The first-order valence-electron chi connectivity index (χ1n) is 9.59. The molecule has 0 saturated carbocycles. The zero-order chi connectivity index (χ0) is 19.6. The Bertz CT molecular complexity index is 944. The van der Waals surface area contributed by atoms with E-state index in [0.717, 1.165) is 51.5 Å². The van der Waals surface area contributed by atoms with E-state index in [1.165, 1.54) is 0 Å². The Morgan fingerprint density at radius 1 is 1.29 bits per heavy atom. The van der Waals surface area contributed by atoms with Crippen LogP contribution in [0.15, 0.2) is 10.5 Å². The monoisotopic (exact) mass is 468 g/mol. The molecule has 28 heavy (non-hydrogen) atoms. The van der Waals surface area contributed by atoms with Crippen molar-refractivity contribution >= 4 is 50.2 Å². The summed E-state index contributed by atoms with van der Waals surface area (Å²) in [4.78, 5) is 16.1. The van der Waals surface area contributed by atoms with E-state index in [1.54, 1.807) is 6.07 Å². The van der Waals surface area contributed by atoms with Crippen LogP contribution in [0.25, 0.3) is 10.9 Å². The minimum absolute atomic E-state index is 0.258. The van der Waals surface area contributed by atoms with Gasteiger partial charge in [-0.15, -0.1) is 0 Å². The third kappa shape index (κ3) is 2.88. The summed E-state index contributed by atoms with van der Waals surface area (Å²) >= 11 is 9.53. The molecule has 0 bridgehead atoms. The Kier molecular flexibility index (Phi) is 4.46. The van der Waals surface area contributed by atoms with Gasteiger partial charge in [-0.2, -0.15) is 4.98 Å². The lowest BCUT2D eigenvalue weighted by atomic mass is 9.81. The molecule has 1 aromatic heterocycles. The van der Waals surface area contributed by atoms with Gasteiger partial charge >= 0.3 is 0 Å². The van der Waals surface area contributed by atoms with Gasteiger partial charge in [0.05, 0.1) is 9.50 Å². The smallest absolute Gasteiger partial charge is 0.228 e. The second-order valence-electron chi connectivity index (χ2n) is 8.53. The topological polar surface area (TPSA) is 47.5 Å². The number of benzene rings is 1. The molecule has 0 radical (unpaired) electrons. The van der Waals surface area contributed by atoms with Crippen LogP contribution in [0.3, 0.4) is 0 Å². The molecule has 4 heterocycles. The minimum Gasteiger partial charge on any atom is -0.355 e. The summed E-state index contributed by atoms with van der Waals surface area (Å²) in [5.74, 6) is 0.975. The SMILES string of the molecule is CN(C)C1CN(c2nc(N3CCC4(CNC4)C3)c3cc(Cl)c(Br)c(F)c3n2)C1. The summed E-state index contributed by atoms with van der Waals surface area (Å²) < 4.78 is 15.3. The molecule has 5 rings (SSSR count). The van der Waals surface area contributed by atoms with E-state index in [1.807, 2.05) is 0 Å². The first kappa shape index (κ1) is 18.8. The van der Waals surface area contributed by atoms with Crippen LogP contribution in [-0.2, 0) is 0 Å². The molecule has 3 aliphatic heterocycles. The largest absolute Gasteiger partial charge is 0.355 e. The fourth-order valence-corrected chi connectivity index (χ4v) is 4.85. The Hall–Kier alpha value is -1.22. The lowest BCUT2D eigenvalue weighted by molar-refractivity contribution is 0.199. The van der Waals surface area contributed by atoms with Gasteiger partial charge in [0.1, 0.15) is 11.3 Å². The highest BCUT2D eigenvalue weighted by molar-refractivity contribution is 9.10. The van der Waals surface area contributed by atoms with Crippen LogP contribution in [0.4, 0.5) is 16.2 Å². The first-order valence-corrected chi connectivity index (χ1v) is 10.8. The Morgan fingerprint density at radius 3 is 2.64 bits per heavy atom. The highest BCUT2D eigenvalue weighted by atomic mass is 79.9. The summed E-state index contributed by atoms with van der Waals surface area (Å²) in [6.45, 7) is 5.63. The Balaban J connectivity index is 1.58. The predicted octanol–water partition coefficient (Wildman–Crippen LogP) is 2.73. The van der Waals surface area contributed by atoms with E-state index in [-0.39, 0.29) is 4.47 Å². The van der Waals surface area contributed by atoms with Crippen LogP contribution < -0.4 is 15.1 Å². The molecule has 3 fully saturated rings. The molecular formula is C19H23BrClFN6. The van der Waals surface area contributed by atoms with E-state index in [9.17, 15) is 0 Å². The van der Waals surface area contributed by atoms with Gasteiger partial charge in [-0.05, 0) is 42.5 Å². The lowest BCUT2D eigenvalue weighted by Crippen LogP contribution is -2.58. The van der Waals surface area contributed by atoms with Crippen molar-refractivity contribution in [3.8, 4) is 0 Å². The maximum atomic E-state index is 15.0. The summed E-state index contributed by atoms with van der Waals surface area (Å²) in [7, 11) is 4.15. The van der Waals surface area contributed by atoms with Crippen molar-refractivity contribution in [3.05, 3.63) is 21.4 Å². The lowest BCUT2D eigenvalue weighted by Gasteiger charge is -2.43. The number of halogens is 3. The second kappa shape index (κ2) is 6.65. The molecule has 6 nitrogen and oxygen atoms in total. The molecule has 3 aliphatic rings. The van der Waals surface area contributed by atoms with Gasteiger partial charge in [-0.25, -0.2) is 9.37 Å². The Labute approximate surface area is 177 Å². The van der Waals surface area contributed by atoms with Crippen LogP contribution in [0.2, 0.25) is 5.02 Å². The van der Waals surface area contributed by atoms with Crippen LogP contribution in [-0.4, -0.2) is 74.3 Å². The quantitative estimate of drug-likeness (QED) is 0.698. The highest BCUT2D eigenvalue weighted by Crippen LogP contribution is 2.41. The summed E-state index contributed by atoms with van der Waals surface area (Å²) in [5.41, 5.74) is 0.652. The molecule has 9 heteroatoms. The molecular weight excluding hydrogens is 447 g/mol.